The van der Waals surface area contributed by atoms with Crippen molar-refractivity contribution >= 4 is 5.91 Å². The average Bonchev–Trinajstić information content (AvgIpc) is 2.88. The number of nitrogens with two attached hydrogens (primary N) is 2. The van der Waals surface area contributed by atoms with Crippen molar-refractivity contribution in [2.75, 3.05) is 19.6 Å². The lowest BCUT2D eigenvalue weighted by Gasteiger charge is -2.26. The lowest BCUT2D eigenvalue weighted by molar-refractivity contribution is -0.126. The summed E-state index contributed by atoms with van der Waals surface area (Å²) in [6.07, 6.45) is 1.04. The SMILES string of the molecule is NCC1CCN(C(C(=O)NN)c2ccccc2)C1. The Morgan fingerprint density at radius 2 is 2.17 bits per heavy atom. The molecular formula is C13H20N4O. The first kappa shape index (κ1) is 13.0. The smallest absolute Gasteiger partial charge is 0.255 e. The molecule has 1 aliphatic heterocycles. The van der Waals surface area contributed by atoms with Crippen LogP contribution in [0.2, 0.25) is 0 Å². The largest absolute Gasteiger partial charge is 0.330 e. The zero-order chi connectivity index (χ0) is 13.0. The van der Waals surface area contributed by atoms with E-state index in [4.69, 9.17) is 11.6 Å². The second-order valence-corrected chi connectivity index (χ2v) is 4.71. The third kappa shape index (κ3) is 2.69. The number of hydrazine groups is 1. The van der Waals surface area contributed by atoms with Gasteiger partial charge in [0.05, 0.1) is 0 Å². The Morgan fingerprint density at radius 1 is 1.44 bits per heavy atom. The first-order chi connectivity index (χ1) is 8.76. The van der Waals surface area contributed by atoms with Gasteiger partial charge < -0.3 is 5.73 Å². The van der Waals surface area contributed by atoms with Gasteiger partial charge in [-0.25, -0.2) is 5.84 Å². The van der Waals surface area contributed by atoms with Crippen LogP contribution in [-0.4, -0.2) is 30.4 Å². The van der Waals surface area contributed by atoms with E-state index >= 15 is 0 Å². The molecule has 0 aromatic heterocycles. The first-order valence-corrected chi connectivity index (χ1v) is 6.25. The van der Waals surface area contributed by atoms with Crippen LogP contribution in [0.25, 0.3) is 0 Å². The van der Waals surface area contributed by atoms with E-state index in [2.05, 4.69) is 10.3 Å². The van der Waals surface area contributed by atoms with Crippen LogP contribution >= 0.6 is 0 Å². The van der Waals surface area contributed by atoms with Crippen molar-refractivity contribution in [3.05, 3.63) is 35.9 Å². The second kappa shape index (κ2) is 5.95. The Balaban J connectivity index is 2.19. The van der Waals surface area contributed by atoms with Crippen LogP contribution in [0.4, 0.5) is 0 Å². The van der Waals surface area contributed by atoms with Crippen molar-refractivity contribution in [1.29, 1.82) is 0 Å². The summed E-state index contributed by atoms with van der Waals surface area (Å²) in [5, 5.41) is 0. The summed E-state index contributed by atoms with van der Waals surface area (Å²) in [7, 11) is 0. The van der Waals surface area contributed by atoms with E-state index in [1.807, 2.05) is 30.3 Å². The lowest BCUT2D eigenvalue weighted by Crippen LogP contribution is -2.42. The fourth-order valence-corrected chi connectivity index (χ4v) is 2.53. The molecule has 5 N–H and O–H groups in total. The molecule has 1 fully saturated rings. The quantitative estimate of drug-likeness (QED) is 0.398. The van der Waals surface area contributed by atoms with Gasteiger partial charge in [0.25, 0.3) is 5.91 Å². The Morgan fingerprint density at radius 3 is 2.72 bits per heavy atom. The minimum atomic E-state index is -0.312. The number of hydrogen-bond donors (Lipinski definition) is 3. The van der Waals surface area contributed by atoms with Gasteiger partial charge in [0, 0.05) is 6.54 Å². The highest BCUT2D eigenvalue weighted by Crippen LogP contribution is 2.27. The van der Waals surface area contributed by atoms with Gasteiger partial charge in [-0.05, 0) is 31.0 Å². The summed E-state index contributed by atoms with van der Waals surface area (Å²) in [5.74, 6) is 5.60. The molecule has 1 aromatic rings. The van der Waals surface area contributed by atoms with E-state index in [0.717, 1.165) is 25.1 Å². The molecule has 1 amide bonds. The molecule has 2 atom stereocenters. The van der Waals surface area contributed by atoms with Gasteiger partial charge in [0.1, 0.15) is 6.04 Å². The maximum atomic E-state index is 12.0. The maximum absolute atomic E-state index is 12.0. The predicted octanol–water partition coefficient (Wildman–Crippen LogP) is -0.00180. The van der Waals surface area contributed by atoms with Crippen molar-refractivity contribution in [3.63, 3.8) is 0 Å². The molecule has 0 bridgehead atoms. The normalized spacial score (nSPS) is 21.8. The fraction of sp³-hybridized carbons (Fsp3) is 0.462. The number of amides is 1. The van der Waals surface area contributed by atoms with Crippen LogP contribution in [0.5, 0.6) is 0 Å². The monoisotopic (exact) mass is 248 g/mol. The van der Waals surface area contributed by atoms with Gasteiger partial charge in [-0.1, -0.05) is 30.3 Å². The highest BCUT2D eigenvalue weighted by molar-refractivity contribution is 5.82. The van der Waals surface area contributed by atoms with E-state index in [1.165, 1.54) is 0 Å². The Hall–Kier alpha value is -1.43. The Labute approximate surface area is 107 Å². The zero-order valence-electron chi connectivity index (χ0n) is 10.4. The third-order valence-corrected chi connectivity index (χ3v) is 3.52. The Kier molecular flexibility index (Phi) is 4.30. The van der Waals surface area contributed by atoms with Crippen molar-refractivity contribution in [2.45, 2.75) is 12.5 Å². The molecule has 2 unspecified atom stereocenters. The molecule has 18 heavy (non-hydrogen) atoms. The highest BCUT2D eigenvalue weighted by Gasteiger charge is 2.32. The van der Waals surface area contributed by atoms with Crippen molar-refractivity contribution in [2.24, 2.45) is 17.5 Å². The fourth-order valence-electron chi connectivity index (χ4n) is 2.53. The van der Waals surface area contributed by atoms with Gasteiger partial charge in [-0.3, -0.25) is 15.1 Å². The zero-order valence-corrected chi connectivity index (χ0v) is 10.4. The molecule has 0 aliphatic carbocycles. The average molecular weight is 248 g/mol. The standard InChI is InChI=1S/C13H20N4O/c14-8-10-6-7-17(9-10)12(13(18)16-15)11-4-2-1-3-5-11/h1-5,10,12H,6-9,14-15H2,(H,16,18). The molecule has 1 saturated heterocycles. The maximum Gasteiger partial charge on any atom is 0.255 e. The number of benzene rings is 1. The molecule has 1 aromatic carbocycles. The Bertz CT molecular complexity index is 395. The second-order valence-electron chi connectivity index (χ2n) is 4.71. The summed E-state index contributed by atoms with van der Waals surface area (Å²) in [5.41, 5.74) is 8.92. The summed E-state index contributed by atoms with van der Waals surface area (Å²) < 4.78 is 0. The predicted molar refractivity (Wildman–Crippen MR) is 70.2 cm³/mol. The van der Waals surface area contributed by atoms with Gasteiger partial charge in [0.15, 0.2) is 0 Å². The molecular weight excluding hydrogens is 228 g/mol. The molecule has 0 radical (unpaired) electrons. The van der Waals surface area contributed by atoms with Crippen LogP contribution in [0.15, 0.2) is 30.3 Å². The third-order valence-electron chi connectivity index (χ3n) is 3.52. The minimum Gasteiger partial charge on any atom is -0.330 e. The van der Waals surface area contributed by atoms with Crippen LogP contribution in [0.3, 0.4) is 0 Å². The summed E-state index contributed by atoms with van der Waals surface area (Å²) in [6.45, 7) is 2.40. The van der Waals surface area contributed by atoms with Crippen LogP contribution in [-0.2, 0) is 4.79 Å². The van der Waals surface area contributed by atoms with Crippen molar-refractivity contribution in [3.8, 4) is 0 Å². The minimum absolute atomic E-state index is 0.168. The number of carbonyl (C=O) groups excluding carboxylic acids is 1. The lowest BCUT2D eigenvalue weighted by atomic mass is 10.0. The van der Waals surface area contributed by atoms with E-state index in [-0.39, 0.29) is 11.9 Å². The number of carbonyl (C=O) groups is 1. The molecule has 0 saturated carbocycles. The highest BCUT2D eigenvalue weighted by atomic mass is 16.2. The molecule has 98 valence electrons. The van der Waals surface area contributed by atoms with E-state index in [0.29, 0.717) is 12.5 Å². The first-order valence-electron chi connectivity index (χ1n) is 6.25. The van der Waals surface area contributed by atoms with Crippen LogP contribution in [0.1, 0.15) is 18.0 Å². The topological polar surface area (TPSA) is 84.4 Å². The molecule has 1 heterocycles. The van der Waals surface area contributed by atoms with E-state index in [1.54, 1.807) is 0 Å². The van der Waals surface area contributed by atoms with Crippen LogP contribution in [0, 0.1) is 5.92 Å². The summed E-state index contributed by atoms with van der Waals surface area (Å²) in [6, 6.07) is 9.40. The number of rotatable bonds is 4. The van der Waals surface area contributed by atoms with Crippen molar-refractivity contribution in [1.82, 2.24) is 10.3 Å². The van der Waals surface area contributed by atoms with E-state index in [9.17, 15) is 4.79 Å². The summed E-state index contributed by atoms with van der Waals surface area (Å²) in [4.78, 5) is 14.1. The number of hydrogen-bond acceptors (Lipinski definition) is 4. The molecule has 5 heteroatoms. The van der Waals surface area contributed by atoms with Gasteiger partial charge >= 0.3 is 0 Å². The van der Waals surface area contributed by atoms with Crippen LogP contribution < -0.4 is 17.0 Å². The van der Waals surface area contributed by atoms with Gasteiger partial charge in [-0.2, -0.15) is 0 Å². The molecule has 1 aliphatic rings. The van der Waals surface area contributed by atoms with Crippen molar-refractivity contribution < 1.29 is 4.79 Å². The summed E-state index contributed by atoms with van der Waals surface area (Å²) >= 11 is 0. The number of nitrogens with zero attached hydrogens (tertiary/aromatic N) is 1. The molecule has 0 spiro atoms. The number of likely N-dealkylation sites (tertiary alicyclic amines) is 1. The van der Waals surface area contributed by atoms with E-state index < -0.39 is 0 Å². The number of nitrogens with one attached hydrogen (secondary N) is 1. The van der Waals surface area contributed by atoms with Gasteiger partial charge in [0.2, 0.25) is 0 Å². The van der Waals surface area contributed by atoms with Gasteiger partial charge in [-0.15, -0.1) is 0 Å². The molecule has 2 rings (SSSR count). The molecule has 5 nitrogen and oxygen atoms in total.